The summed E-state index contributed by atoms with van der Waals surface area (Å²) in [6, 6.07) is 14.2. The number of fused-ring (bicyclic) bond motifs is 6. The molecule has 5 atom stereocenters. The van der Waals surface area contributed by atoms with Crippen molar-refractivity contribution in [2.45, 2.75) is 43.2 Å². The molecule has 3 aliphatic heterocycles. The van der Waals surface area contributed by atoms with Crippen molar-refractivity contribution in [2.24, 2.45) is 11.8 Å². The first-order valence-electron chi connectivity index (χ1n) is 12.3. The number of nitriles is 1. The van der Waals surface area contributed by atoms with E-state index in [1.54, 1.807) is 43.3 Å². The van der Waals surface area contributed by atoms with Gasteiger partial charge in [-0.1, -0.05) is 24.3 Å². The van der Waals surface area contributed by atoms with Crippen molar-refractivity contribution in [3.63, 3.8) is 0 Å². The molecular weight excluding hydrogens is 515 g/mol. The molecule has 2 aromatic carbocycles. The molecule has 2 unspecified atom stereocenters. The summed E-state index contributed by atoms with van der Waals surface area (Å²) in [5.74, 6) is -2.82. The largest absolute Gasteiger partial charge is 0.478 e. The smallest absolute Gasteiger partial charge is 0.417 e. The highest BCUT2D eigenvalue weighted by atomic mass is 19.4. The van der Waals surface area contributed by atoms with Crippen LogP contribution in [-0.4, -0.2) is 45.8 Å². The normalized spacial score (nSPS) is 29.6. The topological polar surface area (TPSA) is 113 Å². The molecule has 3 aliphatic rings. The van der Waals surface area contributed by atoms with Gasteiger partial charge in [-0.2, -0.15) is 18.4 Å². The zero-order valence-electron chi connectivity index (χ0n) is 20.6. The zero-order chi connectivity index (χ0) is 27.7. The number of carbonyl (C=O) groups excluding carboxylic acids is 2. The monoisotopic (exact) mass is 537 g/mol. The quantitative estimate of drug-likeness (QED) is 0.490. The van der Waals surface area contributed by atoms with Crippen LogP contribution in [0.5, 0.6) is 5.88 Å². The predicted octanol–water partition coefficient (Wildman–Crippen LogP) is 3.99. The van der Waals surface area contributed by atoms with Gasteiger partial charge in [-0.3, -0.25) is 9.59 Å². The second kappa shape index (κ2) is 8.49. The number of amides is 2. The van der Waals surface area contributed by atoms with Crippen LogP contribution in [0.2, 0.25) is 0 Å². The Bertz CT molecular complexity index is 1550. The van der Waals surface area contributed by atoms with E-state index in [2.05, 4.69) is 11.1 Å². The van der Waals surface area contributed by atoms with E-state index in [4.69, 9.17) is 9.47 Å². The van der Waals surface area contributed by atoms with Gasteiger partial charge in [-0.05, 0) is 25.1 Å². The van der Waals surface area contributed by atoms with Crippen LogP contribution in [0.15, 0.2) is 54.7 Å². The third-order valence-electron chi connectivity index (χ3n) is 8.22. The minimum absolute atomic E-state index is 0.0326. The molecule has 0 aliphatic carbocycles. The van der Waals surface area contributed by atoms with E-state index in [9.17, 15) is 33.1 Å². The number of nitrogens with zero attached hydrogens (tertiary/aromatic N) is 3. The van der Waals surface area contributed by atoms with Crippen LogP contribution in [0.1, 0.15) is 30.9 Å². The summed E-state index contributed by atoms with van der Waals surface area (Å²) in [5, 5.41) is 21.6. The van der Waals surface area contributed by atoms with Crippen molar-refractivity contribution >= 4 is 28.3 Å². The molecule has 0 saturated carbocycles. The van der Waals surface area contributed by atoms with E-state index >= 15 is 0 Å². The maximum atomic E-state index is 13.9. The minimum atomic E-state index is -4.52. The van der Waals surface area contributed by atoms with Crippen molar-refractivity contribution in [1.29, 1.82) is 5.26 Å². The summed E-state index contributed by atoms with van der Waals surface area (Å²) in [5.41, 5.74) is -2.66. The molecule has 11 heteroatoms. The number of aromatic nitrogens is 1. The van der Waals surface area contributed by atoms with Crippen molar-refractivity contribution in [2.75, 3.05) is 11.5 Å². The number of benzene rings is 2. The molecule has 6 rings (SSSR count). The number of rotatable bonds is 5. The molecular formula is C28H22F3N3O5. The Balaban J connectivity index is 1.30. The van der Waals surface area contributed by atoms with E-state index in [0.29, 0.717) is 28.2 Å². The van der Waals surface area contributed by atoms with Crippen LogP contribution in [0.4, 0.5) is 18.9 Å². The van der Waals surface area contributed by atoms with Crippen LogP contribution in [0.25, 0.3) is 10.8 Å². The summed E-state index contributed by atoms with van der Waals surface area (Å²) in [6.45, 7) is 1.56. The number of ether oxygens (including phenoxy) is 2. The fourth-order valence-corrected chi connectivity index (χ4v) is 6.40. The van der Waals surface area contributed by atoms with Gasteiger partial charge >= 0.3 is 6.18 Å². The zero-order valence-corrected chi connectivity index (χ0v) is 20.6. The van der Waals surface area contributed by atoms with Gasteiger partial charge in [0.05, 0.1) is 53.0 Å². The van der Waals surface area contributed by atoms with Gasteiger partial charge < -0.3 is 14.6 Å². The maximum Gasteiger partial charge on any atom is 0.417 e. The van der Waals surface area contributed by atoms with Crippen LogP contribution < -0.4 is 9.64 Å². The van der Waals surface area contributed by atoms with Crippen LogP contribution in [0, 0.1) is 23.2 Å². The van der Waals surface area contributed by atoms with Crippen LogP contribution in [0.3, 0.4) is 0 Å². The number of hydrogen-bond donors (Lipinski definition) is 1. The molecule has 3 saturated heterocycles. The summed E-state index contributed by atoms with van der Waals surface area (Å²) in [4.78, 5) is 32.6. The molecule has 1 aromatic heterocycles. The standard InChI is InChI=1S/C28H22F3N3O5/c1-26-20(35)12-27(39-26,10-11-38-21-9-7-16(14-33-21)28(29,30)31)23-22(26)24(36)34(25(23)37)19-8-6-15(13-32)17-4-2-3-5-18(17)19/h2-9,14,20,22-23,35H,10-12H2,1H3/t20-,22-,23+,26?,27?/m1/s1. The Kier molecular flexibility index (Phi) is 5.51. The molecule has 39 heavy (non-hydrogen) atoms. The first kappa shape index (κ1) is 25.3. The molecule has 1 N–H and O–H groups in total. The highest BCUT2D eigenvalue weighted by Gasteiger charge is 2.77. The molecule has 0 radical (unpaired) electrons. The van der Waals surface area contributed by atoms with Crippen LogP contribution in [-0.2, 0) is 20.5 Å². The Morgan fingerprint density at radius 2 is 1.85 bits per heavy atom. The van der Waals surface area contributed by atoms with Gasteiger partial charge in [-0.15, -0.1) is 0 Å². The first-order valence-corrected chi connectivity index (χ1v) is 12.3. The lowest BCUT2D eigenvalue weighted by atomic mass is 9.66. The summed E-state index contributed by atoms with van der Waals surface area (Å²) >= 11 is 0. The lowest BCUT2D eigenvalue weighted by Crippen LogP contribution is -2.49. The lowest BCUT2D eigenvalue weighted by molar-refractivity contribution is -0.138. The highest BCUT2D eigenvalue weighted by molar-refractivity contribution is 6.26. The third kappa shape index (κ3) is 3.62. The van der Waals surface area contributed by atoms with Gasteiger partial charge in [0.15, 0.2) is 0 Å². The number of hydrogen-bond acceptors (Lipinski definition) is 7. The van der Waals surface area contributed by atoms with E-state index in [1.165, 1.54) is 0 Å². The Morgan fingerprint density at radius 3 is 2.51 bits per heavy atom. The van der Waals surface area contributed by atoms with Gasteiger partial charge in [-0.25, -0.2) is 9.88 Å². The Hall–Kier alpha value is -4.01. The maximum absolute atomic E-state index is 13.9. The lowest BCUT2D eigenvalue weighted by Gasteiger charge is -2.33. The molecule has 3 aromatic rings. The predicted molar refractivity (Wildman–Crippen MR) is 130 cm³/mol. The van der Waals surface area contributed by atoms with E-state index in [1.807, 2.05) is 0 Å². The van der Waals surface area contributed by atoms with Gasteiger partial charge in [0.1, 0.15) is 5.60 Å². The highest BCUT2D eigenvalue weighted by Crippen LogP contribution is 2.62. The molecule has 2 bridgehead atoms. The number of alkyl halides is 3. The second-order valence-corrected chi connectivity index (χ2v) is 10.3. The summed E-state index contributed by atoms with van der Waals surface area (Å²) in [7, 11) is 0. The number of pyridine rings is 1. The van der Waals surface area contributed by atoms with Gasteiger partial charge in [0.25, 0.3) is 0 Å². The van der Waals surface area contributed by atoms with Gasteiger partial charge in [0, 0.05) is 35.9 Å². The molecule has 8 nitrogen and oxygen atoms in total. The van der Waals surface area contributed by atoms with Crippen molar-refractivity contribution in [3.05, 3.63) is 65.9 Å². The number of aliphatic hydroxyl groups excluding tert-OH is 1. The Labute approximate surface area is 220 Å². The fraction of sp³-hybridized carbons (Fsp3) is 0.357. The molecule has 3 fully saturated rings. The number of carbonyl (C=O) groups is 2. The third-order valence-corrected chi connectivity index (χ3v) is 8.22. The number of halogens is 3. The average molecular weight is 537 g/mol. The van der Waals surface area contributed by atoms with Crippen LogP contribution >= 0.6 is 0 Å². The molecule has 2 amide bonds. The molecule has 200 valence electrons. The summed E-state index contributed by atoms with van der Waals surface area (Å²) < 4.78 is 50.3. The van der Waals surface area contributed by atoms with Crippen molar-refractivity contribution in [3.8, 4) is 11.9 Å². The van der Waals surface area contributed by atoms with E-state index in [0.717, 1.165) is 17.0 Å². The second-order valence-electron chi connectivity index (χ2n) is 10.3. The fourth-order valence-electron chi connectivity index (χ4n) is 6.40. The SMILES string of the molecule is CC12OC(CCOc3ccc(C(F)(F)F)cn3)(C[C@H]1O)[C@@H]1C(=O)N(c3ccc(C#N)c4ccccc34)C(=O)[C@@H]12. The molecule has 4 heterocycles. The number of imide groups is 1. The van der Waals surface area contributed by atoms with E-state index < -0.39 is 52.7 Å². The van der Waals surface area contributed by atoms with Crippen molar-refractivity contribution in [1.82, 2.24) is 4.98 Å². The minimum Gasteiger partial charge on any atom is -0.478 e. The number of aliphatic hydroxyl groups is 1. The number of anilines is 1. The van der Waals surface area contributed by atoms with Gasteiger partial charge in [0.2, 0.25) is 17.7 Å². The Morgan fingerprint density at radius 1 is 1.13 bits per heavy atom. The summed E-state index contributed by atoms with van der Waals surface area (Å²) in [6.07, 6.45) is -4.67. The molecule has 0 spiro atoms. The van der Waals surface area contributed by atoms with E-state index in [-0.39, 0.29) is 25.3 Å². The van der Waals surface area contributed by atoms with Crippen molar-refractivity contribution < 1.29 is 37.3 Å². The first-order chi connectivity index (χ1) is 18.5. The average Bonchev–Trinajstić information content (AvgIpc) is 3.44.